The predicted octanol–water partition coefficient (Wildman–Crippen LogP) is 1.09. The summed E-state index contributed by atoms with van der Waals surface area (Å²) in [7, 11) is 0. The number of rotatable bonds is 6. The summed E-state index contributed by atoms with van der Waals surface area (Å²) in [5.41, 5.74) is 6.30. The van der Waals surface area contributed by atoms with Crippen LogP contribution in [0.3, 0.4) is 0 Å². The minimum absolute atomic E-state index is 0.0963. The number of carbonyl (C=O) groups is 2. The fraction of sp³-hybridized carbons (Fsp3) is 0.353. The molecule has 2 aromatic rings. The topological polar surface area (TPSA) is 107 Å². The van der Waals surface area contributed by atoms with Crippen LogP contribution in [0.4, 0.5) is 5.69 Å². The Hall–Kier alpha value is -2.49. The molecule has 1 aliphatic rings. The summed E-state index contributed by atoms with van der Waals surface area (Å²) in [6, 6.07) is 6.97. The second-order valence-electron chi connectivity index (χ2n) is 5.56. The highest BCUT2D eigenvalue weighted by atomic mass is 32.1. The van der Waals surface area contributed by atoms with Gasteiger partial charge in [-0.05, 0) is 12.1 Å². The number of nitrogens with zero attached hydrogens (tertiary/aromatic N) is 2. The van der Waals surface area contributed by atoms with Crippen LogP contribution in [0.5, 0.6) is 5.75 Å². The van der Waals surface area contributed by atoms with Gasteiger partial charge in [0.15, 0.2) is 6.61 Å². The molecule has 3 rings (SSSR count). The zero-order valence-corrected chi connectivity index (χ0v) is 15.0. The quantitative estimate of drug-likeness (QED) is 0.782. The molecule has 0 aliphatic carbocycles. The SMILES string of the molecule is NCc1nc(C(=O)Nc2ccccc2OCC(=O)N2CCOCC2)cs1. The van der Waals surface area contributed by atoms with E-state index in [2.05, 4.69) is 10.3 Å². The first-order valence-electron chi connectivity index (χ1n) is 8.20. The summed E-state index contributed by atoms with van der Waals surface area (Å²) in [4.78, 5) is 30.4. The van der Waals surface area contributed by atoms with Gasteiger partial charge in [-0.1, -0.05) is 12.1 Å². The number of amides is 2. The zero-order chi connectivity index (χ0) is 18.4. The molecule has 3 N–H and O–H groups in total. The number of morpholine rings is 1. The molecule has 1 aromatic carbocycles. The van der Waals surface area contributed by atoms with Crippen molar-refractivity contribution >= 4 is 28.8 Å². The van der Waals surface area contributed by atoms with Crippen molar-refractivity contribution in [2.24, 2.45) is 5.73 Å². The second-order valence-corrected chi connectivity index (χ2v) is 6.51. The summed E-state index contributed by atoms with van der Waals surface area (Å²) >= 11 is 1.33. The van der Waals surface area contributed by atoms with Gasteiger partial charge < -0.3 is 25.4 Å². The molecule has 0 radical (unpaired) electrons. The second kappa shape index (κ2) is 8.75. The normalized spacial score (nSPS) is 14.1. The number of ether oxygens (including phenoxy) is 2. The first-order valence-corrected chi connectivity index (χ1v) is 9.08. The molecule has 1 aliphatic heterocycles. The van der Waals surface area contributed by atoms with Crippen molar-refractivity contribution in [1.82, 2.24) is 9.88 Å². The highest BCUT2D eigenvalue weighted by Crippen LogP contribution is 2.24. The molecule has 0 unspecified atom stereocenters. The van der Waals surface area contributed by atoms with Crippen molar-refractivity contribution in [2.45, 2.75) is 6.54 Å². The van der Waals surface area contributed by atoms with Gasteiger partial charge in [-0.25, -0.2) is 4.98 Å². The molecule has 1 saturated heterocycles. The number of anilines is 1. The maximum Gasteiger partial charge on any atom is 0.275 e. The molecular weight excluding hydrogens is 356 g/mol. The average Bonchev–Trinajstić information content (AvgIpc) is 3.17. The number of carbonyl (C=O) groups excluding carboxylic acids is 2. The molecule has 26 heavy (non-hydrogen) atoms. The summed E-state index contributed by atoms with van der Waals surface area (Å²) in [6.45, 7) is 2.40. The number of aromatic nitrogens is 1. The van der Waals surface area contributed by atoms with E-state index in [1.807, 2.05) is 0 Å². The van der Waals surface area contributed by atoms with Gasteiger partial charge in [-0.15, -0.1) is 11.3 Å². The van der Waals surface area contributed by atoms with Gasteiger partial charge in [0.2, 0.25) is 0 Å². The summed E-state index contributed by atoms with van der Waals surface area (Å²) < 4.78 is 10.9. The Morgan fingerprint density at radius 1 is 1.31 bits per heavy atom. The van der Waals surface area contributed by atoms with Gasteiger partial charge in [0, 0.05) is 25.0 Å². The number of benzene rings is 1. The lowest BCUT2D eigenvalue weighted by molar-refractivity contribution is -0.137. The molecule has 0 atom stereocenters. The molecule has 138 valence electrons. The van der Waals surface area contributed by atoms with E-state index in [4.69, 9.17) is 15.2 Å². The van der Waals surface area contributed by atoms with E-state index in [9.17, 15) is 9.59 Å². The molecule has 1 aromatic heterocycles. The van der Waals surface area contributed by atoms with Crippen LogP contribution in [-0.2, 0) is 16.1 Å². The Kier molecular flexibility index (Phi) is 6.16. The molecule has 8 nitrogen and oxygen atoms in total. The van der Waals surface area contributed by atoms with Gasteiger partial charge in [0.1, 0.15) is 16.5 Å². The summed E-state index contributed by atoms with van der Waals surface area (Å²) in [5.74, 6) is -0.0326. The lowest BCUT2D eigenvalue weighted by Gasteiger charge is -2.26. The number of hydrogen-bond donors (Lipinski definition) is 2. The Labute approximate surface area is 154 Å². The average molecular weight is 376 g/mol. The van der Waals surface area contributed by atoms with Crippen LogP contribution in [0.15, 0.2) is 29.6 Å². The van der Waals surface area contributed by atoms with Crippen molar-refractivity contribution < 1.29 is 19.1 Å². The molecule has 2 amide bonds. The van der Waals surface area contributed by atoms with Crippen molar-refractivity contribution in [2.75, 3.05) is 38.2 Å². The molecule has 0 saturated carbocycles. The van der Waals surface area contributed by atoms with Gasteiger partial charge in [0.25, 0.3) is 11.8 Å². The number of nitrogens with two attached hydrogens (primary N) is 1. The maximum atomic E-state index is 12.3. The third kappa shape index (κ3) is 4.57. The van der Waals surface area contributed by atoms with E-state index in [0.717, 1.165) is 0 Å². The standard InChI is InChI=1S/C17H20N4O4S/c18-9-15-19-13(11-26-15)17(23)20-12-3-1-2-4-14(12)25-10-16(22)21-5-7-24-8-6-21/h1-4,11H,5-10,18H2,(H,20,23). The van der Waals surface area contributed by atoms with E-state index >= 15 is 0 Å². The van der Waals surface area contributed by atoms with Crippen LogP contribution in [-0.4, -0.2) is 54.6 Å². The highest BCUT2D eigenvalue weighted by molar-refractivity contribution is 7.09. The smallest absolute Gasteiger partial charge is 0.275 e. The van der Waals surface area contributed by atoms with Crippen LogP contribution in [0.1, 0.15) is 15.5 Å². The number of thiazole rings is 1. The van der Waals surface area contributed by atoms with Crippen molar-refractivity contribution in [3.8, 4) is 5.75 Å². The molecule has 9 heteroatoms. The lowest BCUT2D eigenvalue weighted by atomic mass is 10.3. The fourth-order valence-electron chi connectivity index (χ4n) is 2.43. The Morgan fingerprint density at radius 3 is 2.81 bits per heavy atom. The highest BCUT2D eigenvalue weighted by Gasteiger charge is 2.18. The molecule has 0 spiro atoms. The van der Waals surface area contributed by atoms with Crippen molar-refractivity contribution in [3.05, 3.63) is 40.3 Å². The minimum atomic E-state index is -0.350. The van der Waals surface area contributed by atoms with Crippen LogP contribution >= 0.6 is 11.3 Å². The summed E-state index contributed by atoms with van der Waals surface area (Å²) in [6.07, 6.45) is 0. The van der Waals surface area contributed by atoms with Gasteiger partial charge in [-0.3, -0.25) is 9.59 Å². The van der Waals surface area contributed by atoms with Crippen molar-refractivity contribution in [3.63, 3.8) is 0 Å². The predicted molar refractivity (Wildman–Crippen MR) is 97.3 cm³/mol. The number of para-hydroxylation sites is 2. The Morgan fingerprint density at radius 2 is 2.08 bits per heavy atom. The lowest BCUT2D eigenvalue weighted by Crippen LogP contribution is -2.43. The van der Waals surface area contributed by atoms with E-state index < -0.39 is 0 Å². The van der Waals surface area contributed by atoms with Gasteiger partial charge >= 0.3 is 0 Å². The maximum absolute atomic E-state index is 12.3. The molecular formula is C17H20N4O4S. The van der Waals surface area contributed by atoms with E-state index in [1.165, 1.54) is 11.3 Å². The minimum Gasteiger partial charge on any atom is -0.482 e. The number of nitrogens with one attached hydrogen (secondary N) is 1. The monoisotopic (exact) mass is 376 g/mol. The third-order valence-electron chi connectivity index (χ3n) is 3.81. The van der Waals surface area contributed by atoms with Crippen LogP contribution in [0, 0.1) is 0 Å². The van der Waals surface area contributed by atoms with E-state index in [1.54, 1.807) is 34.5 Å². The zero-order valence-electron chi connectivity index (χ0n) is 14.1. The van der Waals surface area contributed by atoms with Crippen LogP contribution in [0.25, 0.3) is 0 Å². The third-order valence-corrected chi connectivity index (χ3v) is 4.68. The van der Waals surface area contributed by atoms with Crippen LogP contribution < -0.4 is 15.8 Å². The fourth-order valence-corrected chi connectivity index (χ4v) is 3.09. The van der Waals surface area contributed by atoms with Gasteiger partial charge in [-0.2, -0.15) is 0 Å². The largest absolute Gasteiger partial charge is 0.482 e. The summed E-state index contributed by atoms with van der Waals surface area (Å²) in [5, 5.41) is 5.11. The van der Waals surface area contributed by atoms with Crippen molar-refractivity contribution in [1.29, 1.82) is 0 Å². The van der Waals surface area contributed by atoms with E-state index in [-0.39, 0.29) is 18.4 Å². The Bertz CT molecular complexity index is 774. The molecule has 1 fully saturated rings. The van der Waals surface area contributed by atoms with Crippen LogP contribution in [0.2, 0.25) is 0 Å². The first kappa shape index (κ1) is 18.3. The Balaban J connectivity index is 1.62. The van der Waals surface area contributed by atoms with E-state index in [0.29, 0.717) is 55.0 Å². The number of hydrogen-bond acceptors (Lipinski definition) is 7. The first-order chi connectivity index (χ1) is 12.7. The molecule has 2 heterocycles. The van der Waals surface area contributed by atoms with Gasteiger partial charge in [0.05, 0.1) is 18.9 Å². The molecule has 0 bridgehead atoms.